The standard InChI is InChI=1S/C63H80N10O17S/c1-30(2)47(64)57(77)69-39(12-11-18-66-60(65)80)56(76)68-37-15-13-34(14-16-37)26-86-61(81)70(6)20-21-71(7)62(82)90-43-24-35-17-19-67-63(38(35)25-42(43)83-9)28-91-55-46-45(54-53(87-29-88-54)32(4)52(46)89-33(5)74)41(27-85-59(63)79)73-49(55)48-44-36(23-40(58(73)78)72(48)8)22-31(3)51(84-10)50(44)75/h13-16,22,24-25,30,39-41,47-49,55,58,67,75,78H,11-12,17-21,23,26-29,64H2,1-10H3,(H,68,76)(H,69,77)(H3,65,66,80)/t39-,40-,41-,47-,48+,49+,55+,58-,63+/m0/s1. The maximum absolute atomic E-state index is 15.3. The fourth-order valence-electron chi connectivity index (χ4n) is 13.2. The van der Waals surface area contributed by atoms with Gasteiger partial charge in [0, 0.05) is 86.9 Å². The molecule has 1 spiro atoms. The summed E-state index contributed by atoms with van der Waals surface area (Å²) in [5.74, 6) is -0.767. The number of esters is 2. The van der Waals surface area contributed by atoms with Gasteiger partial charge in [0.05, 0.1) is 43.6 Å². The van der Waals surface area contributed by atoms with Crippen LogP contribution in [0.5, 0.6) is 40.2 Å². The predicted molar refractivity (Wildman–Crippen MR) is 331 cm³/mol. The maximum atomic E-state index is 15.3. The number of fused-ring (bicyclic) bond motifs is 9. The van der Waals surface area contributed by atoms with Gasteiger partial charge in [-0.15, -0.1) is 11.8 Å². The highest BCUT2D eigenvalue weighted by molar-refractivity contribution is 7.99. The minimum atomic E-state index is -1.54. The van der Waals surface area contributed by atoms with Crippen LogP contribution in [0.4, 0.5) is 20.1 Å². The number of hydrogen-bond acceptors (Lipinski definition) is 22. The lowest BCUT2D eigenvalue weighted by molar-refractivity contribution is -0.186. The second kappa shape index (κ2) is 26.9. The van der Waals surface area contributed by atoms with Crippen LogP contribution in [0.1, 0.15) is 101 Å². The number of methoxy groups -OCH3 is 2. The molecule has 0 radical (unpaired) electrons. The Hall–Kier alpha value is -8.28. The number of nitrogens with zero attached hydrogens (tertiary/aromatic N) is 4. The monoisotopic (exact) mass is 1280 g/mol. The lowest BCUT2D eigenvalue weighted by atomic mass is 9.73. The average molecular weight is 1280 g/mol. The molecule has 0 aliphatic carbocycles. The van der Waals surface area contributed by atoms with Crippen molar-refractivity contribution in [2.75, 3.05) is 86.0 Å². The third-order valence-electron chi connectivity index (χ3n) is 18.0. The maximum Gasteiger partial charge on any atom is 0.415 e. The summed E-state index contributed by atoms with van der Waals surface area (Å²) in [4.78, 5) is 99.5. The number of likely N-dealkylation sites (N-methyl/N-ethyl adjacent to an activating group) is 3. The third-order valence-corrected chi connectivity index (χ3v) is 19.5. The lowest BCUT2D eigenvalue weighted by Gasteiger charge is -2.62. The summed E-state index contributed by atoms with van der Waals surface area (Å²) < 4.78 is 48.3. The van der Waals surface area contributed by atoms with E-state index in [4.69, 9.17) is 49.4 Å². The Labute approximate surface area is 530 Å². The lowest BCUT2D eigenvalue weighted by Crippen LogP contribution is -2.70. The van der Waals surface area contributed by atoms with Gasteiger partial charge in [0.15, 0.2) is 40.0 Å². The number of urea groups is 1. The number of nitrogens with two attached hydrogens (primary N) is 2. The molecule has 91 heavy (non-hydrogen) atoms. The molecule has 28 heteroatoms. The van der Waals surface area contributed by atoms with E-state index in [0.29, 0.717) is 87.7 Å². The van der Waals surface area contributed by atoms with E-state index in [1.807, 2.05) is 24.9 Å². The summed E-state index contributed by atoms with van der Waals surface area (Å²) in [5.41, 5.74) is 15.8. The fourth-order valence-corrected chi connectivity index (χ4v) is 14.9. The van der Waals surface area contributed by atoms with Crippen molar-refractivity contribution in [2.24, 2.45) is 17.4 Å². The molecule has 0 saturated carbocycles. The molecule has 4 aromatic rings. The van der Waals surface area contributed by atoms with E-state index < -0.39 is 95.2 Å². The largest absolute Gasteiger partial charge is 0.504 e. The van der Waals surface area contributed by atoms with Gasteiger partial charge in [-0.3, -0.25) is 29.5 Å². The second-order valence-electron chi connectivity index (χ2n) is 24.1. The number of rotatable bonds is 18. The minimum Gasteiger partial charge on any atom is -0.504 e. The van der Waals surface area contributed by atoms with Crippen LogP contribution in [-0.2, 0) is 53.6 Å². The van der Waals surface area contributed by atoms with Gasteiger partial charge in [-0.2, -0.15) is 0 Å². The van der Waals surface area contributed by atoms with Crippen LogP contribution in [0, 0.1) is 19.8 Å². The summed E-state index contributed by atoms with van der Waals surface area (Å²) in [6, 6.07) is 6.78. The number of primary amides is 1. The number of hydrogen-bond donors (Lipinski definition) is 8. The van der Waals surface area contributed by atoms with Crippen molar-refractivity contribution < 1.29 is 81.7 Å². The molecule has 490 valence electrons. The van der Waals surface area contributed by atoms with Gasteiger partial charge in [0.2, 0.25) is 18.6 Å². The van der Waals surface area contributed by atoms with Crippen LogP contribution in [0.2, 0.25) is 0 Å². The highest BCUT2D eigenvalue weighted by Gasteiger charge is 2.61. The zero-order chi connectivity index (χ0) is 65.5. The molecule has 6 amide bonds. The number of aryl methyl sites for hydroxylation is 1. The van der Waals surface area contributed by atoms with Crippen LogP contribution in [0.15, 0.2) is 42.5 Å². The molecule has 10 N–H and O–H groups in total. The first kappa shape index (κ1) is 65.7. The molecule has 0 unspecified atom stereocenters. The molecule has 2 saturated heterocycles. The zero-order valence-electron chi connectivity index (χ0n) is 52.6. The van der Waals surface area contributed by atoms with Gasteiger partial charge in [0.25, 0.3) is 0 Å². The van der Waals surface area contributed by atoms with Gasteiger partial charge in [-0.25, -0.2) is 19.2 Å². The van der Waals surface area contributed by atoms with Crippen molar-refractivity contribution in [3.63, 3.8) is 0 Å². The number of thioether (sulfide) groups is 1. The van der Waals surface area contributed by atoms with Crippen molar-refractivity contribution in [1.82, 2.24) is 35.6 Å². The highest BCUT2D eigenvalue weighted by Crippen LogP contribution is 2.64. The van der Waals surface area contributed by atoms with Crippen molar-refractivity contribution in [3.8, 4) is 40.2 Å². The van der Waals surface area contributed by atoms with E-state index in [2.05, 4.69) is 26.2 Å². The summed E-state index contributed by atoms with van der Waals surface area (Å²) in [5, 5.41) is 35.8. The number of aromatic hydroxyl groups is 1. The van der Waals surface area contributed by atoms with Gasteiger partial charge in [-0.1, -0.05) is 32.0 Å². The first-order valence-corrected chi connectivity index (χ1v) is 31.2. The first-order valence-electron chi connectivity index (χ1n) is 30.2. The van der Waals surface area contributed by atoms with Gasteiger partial charge in [-0.05, 0) is 105 Å². The van der Waals surface area contributed by atoms with E-state index >= 15 is 4.79 Å². The Kier molecular flexibility index (Phi) is 19.4. The van der Waals surface area contributed by atoms with E-state index in [1.165, 1.54) is 56.8 Å². The zero-order valence-corrected chi connectivity index (χ0v) is 53.4. The SMILES string of the molecule is COc1cc2c(cc1OC(=O)N(C)CCN(C)C(=O)OCc1ccc(NC(=O)[C@H](CCCNC(N)=O)NC(=O)[C@@H](N)C(C)C)cc1)CCN[C@]21CS[C@@H]2c3c(OC(C)=O)c(C)c4c(c3[C@H](COC1=O)N1[C@@H]2[C@H]2c3c(cc(C)c(OC)c3O)C[C@@H]([C@@H]1O)N2C)OCO4. The summed E-state index contributed by atoms with van der Waals surface area (Å²) >= 11 is 1.40. The molecule has 11 rings (SSSR count). The topological polar surface area (TPSA) is 347 Å². The van der Waals surface area contributed by atoms with Crippen molar-refractivity contribution >= 4 is 59.4 Å². The number of carbonyl (C=O) groups excluding carboxylic acids is 7. The molecule has 0 aromatic heterocycles. The second-order valence-corrected chi connectivity index (χ2v) is 25.3. The molecule has 7 aliphatic rings. The number of anilines is 1. The molecule has 7 aliphatic heterocycles. The summed E-state index contributed by atoms with van der Waals surface area (Å²) in [6.45, 7) is 8.62. The summed E-state index contributed by atoms with van der Waals surface area (Å²) in [7, 11) is 7.89. The molecule has 9 atom stereocenters. The molecule has 27 nitrogen and oxygen atoms in total. The number of phenolic OH excluding ortho intramolecular Hbond substituents is 1. The van der Waals surface area contributed by atoms with Crippen LogP contribution in [0.25, 0.3) is 0 Å². The first-order chi connectivity index (χ1) is 43.4. The number of amides is 6. The molecule has 4 aromatic carbocycles. The Morgan fingerprint density at radius 3 is 2.30 bits per heavy atom. The number of benzene rings is 4. The number of carbonyl (C=O) groups is 7. The number of ether oxygens (including phenoxy) is 8. The molecular weight excluding hydrogens is 1200 g/mol. The quantitative estimate of drug-likeness (QED) is 0.0392. The average Bonchev–Trinajstić information content (AvgIpc) is 1.37. The van der Waals surface area contributed by atoms with E-state index in [1.54, 1.807) is 57.2 Å². The minimum absolute atomic E-state index is 0.0167. The highest BCUT2D eigenvalue weighted by atomic mass is 32.2. The fraction of sp³-hybridized carbons (Fsp3) is 0.508. The Morgan fingerprint density at radius 2 is 1.62 bits per heavy atom. The van der Waals surface area contributed by atoms with E-state index in [0.717, 1.165) is 11.1 Å². The molecule has 4 bridgehead atoms. The number of piperazine rings is 1. The Balaban J connectivity index is 0.842. The molecule has 2 fully saturated rings. The smallest absolute Gasteiger partial charge is 0.415 e. The van der Waals surface area contributed by atoms with Crippen molar-refractivity contribution in [1.29, 1.82) is 0 Å². The van der Waals surface area contributed by atoms with Crippen LogP contribution in [0.3, 0.4) is 0 Å². The van der Waals surface area contributed by atoms with Gasteiger partial charge >= 0.3 is 30.2 Å². The normalized spacial score (nSPS) is 22.6. The molecule has 7 heterocycles. The number of aliphatic hydroxyl groups is 1. The van der Waals surface area contributed by atoms with E-state index in [9.17, 15) is 39.0 Å². The van der Waals surface area contributed by atoms with Crippen molar-refractivity contribution in [2.45, 2.75) is 120 Å². The van der Waals surface area contributed by atoms with Crippen LogP contribution in [-0.4, -0.2) is 183 Å². The molecular formula is C63H80N10O17S. The van der Waals surface area contributed by atoms with E-state index in [-0.39, 0.29) is 80.7 Å². The summed E-state index contributed by atoms with van der Waals surface area (Å²) in [6.07, 6.45) is -1.23. The number of nitrogens with one attached hydrogen (secondary N) is 4. The van der Waals surface area contributed by atoms with Crippen LogP contribution < -0.4 is 61.2 Å². The van der Waals surface area contributed by atoms with Crippen LogP contribution >= 0.6 is 11.8 Å². The van der Waals surface area contributed by atoms with Crippen molar-refractivity contribution in [3.05, 3.63) is 92.5 Å². The third kappa shape index (κ3) is 12.6. The number of aliphatic hydroxyl groups excluding tert-OH is 1. The predicted octanol–water partition coefficient (Wildman–Crippen LogP) is 4.26. The number of phenols is 1. The van der Waals surface area contributed by atoms with Gasteiger partial charge in [0.1, 0.15) is 31.2 Å². The Morgan fingerprint density at radius 1 is 0.901 bits per heavy atom. The Bertz CT molecular complexity index is 3520. The van der Waals surface area contributed by atoms with Gasteiger partial charge < -0.3 is 85.3 Å².